The van der Waals surface area contributed by atoms with Crippen molar-refractivity contribution in [3.63, 3.8) is 0 Å². The van der Waals surface area contributed by atoms with Gasteiger partial charge in [0.1, 0.15) is 0 Å². The summed E-state index contributed by atoms with van der Waals surface area (Å²) in [6.07, 6.45) is 9.09. The van der Waals surface area contributed by atoms with E-state index in [9.17, 15) is 4.79 Å². The molecule has 1 N–H and O–H groups in total. The molecular formula is C13H24N2O. The van der Waals surface area contributed by atoms with Gasteiger partial charge in [-0.3, -0.25) is 4.79 Å². The van der Waals surface area contributed by atoms with E-state index >= 15 is 0 Å². The fraction of sp³-hybridized carbons (Fsp3) is 0.923. The molecule has 1 amide bonds. The quantitative estimate of drug-likeness (QED) is 0.775. The van der Waals surface area contributed by atoms with Gasteiger partial charge in [-0.15, -0.1) is 0 Å². The zero-order chi connectivity index (χ0) is 11.4. The van der Waals surface area contributed by atoms with Crippen molar-refractivity contribution in [3.05, 3.63) is 0 Å². The standard InChI is InChI=1S/C13H24N2O/c1-14-13(16)11-7-9-15(10-8-11)12-5-3-2-4-6-12/h11-12H,2-10H2,1H3,(H,14,16). The van der Waals surface area contributed by atoms with E-state index in [1.807, 2.05) is 0 Å². The predicted octanol–water partition coefficient (Wildman–Crippen LogP) is 1.78. The van der Waals surface area contributed by atoms with E-state index in [-0.39, 0.29) is 11.8 Å². The molecule has 92 valence electrons. The van der Waals surface area contributed by atoms with E-state index in [1.165, 1.54) is 32.1 Å². The average Bonchev–Trinajstić information content (AvgIpc) is 2.39. The molecule has 16 heavy (non-hydrogen) atoms. The Morgan fingerprint density at radius 2 is 1.69 bits per heavy atom. The molecule has 2 fully saturated rings. The van der Waals surface area contributed by atoms with Crippen molar-refractivity contribution in [1.29, 1.82) is 0 Å². The lowest BCUT2D eigenvalue weighted by Crippen LogP contribution is -2.45. The predicted molar refractivity (Wildman–Crippen MR) is 65.2 cm³/mol. The summed E-state index contributed by atoms with van der Waals surface area (Å²) in [5.41, 5.74) is 0. The third-order valence-electron chi connectivity index (χ3n) is 4.24. The summed E-state index contributed by atoms with van der Waals surface area (Å²) in [5, 5.41) is 2.77. The molecule has 3 heteroatoms. The van der Waals surface area contributed by atoms with E-state index in [0.717, 1.165) is 32.0 Å². The van der Waals surface area contributed by atoms with Crippen LogP contribution in [0.1, 0.15) is 44.9 Å². The van der Waals surface area contributed by atoms with E-state index < -0.39 is 0 Å². The molecule has 1 saturated carbocycles. The number of rotatable bonds is 2. The van der Waals surface area contributed by atoms with Crippen LogP contribution in [-0.4, -0.2) is 37.0 Å². The average molecular weight is 224 g/mol. The van der Waals surface area contributed by atoms with Gasteiger partial charge in [0.2, 0.25) is 5.91 Å². The molecule has 3 nitrogen and oxygen atoms in total. The highest BCUT2D eigenvalue weighted by atomic mass is 16.1. The molecule has 0 aromatic rings. The Labute approximate surface area is 98.6 Å². The van der Waals surface area contributed by atoms with Crippen LogP contribution in [0.5, 0.6) is 0 Å². The first-order chi connectivity index (χ1) is 7.81. The summed E-state index contributed by atoms with van der Waals surface area (Å²) in [4.78, 5) is 14.1. The number of nitrogens with zero attached hydrogens (tertiary/aromatic N) is 1. The van der Waals surface area contributed by atoms with E-state index in [0.29, 0.717) is 0 Å². The summed E-state index contributed by atoms with van der Waals surface area (Å²) in [6, 6.07) is 0.819. The largest absolute Gasteiger partial charge is 0.359 e. The fourth-order valence-corrected chi connectivity index (χ4v) is 3.18. The van der Waals surface area contributed by atoms with Crippen LogP contribution in [0.15, 0.2) is 0 Å². The Bertz CT molecular complexity index is 228. The lowest BCUT2D eigenvalue weighted by Gasteiger charge is -2.38. The number of amides is 1. The van der Waals surface area contributed by atoms with Crippen LogP contribution >= 0.6 is 0 Å². The molecule has 1 heterocycles. The normalized spacial score (nSPS) is 25.6. The van der Waals surface area contributed by atoms with Gasteiger partial charge < -0.3 is 10.2 Å². The van der Waals surface area contributed by atoms with Gasteiger partial charge in [-0.1, -0.05) is 19.3 Å². The smallest absolute Gasteiger partial charge is 0.222 e. The number of nitrogens with one attached hydrogen (secondary N) is 1. The van der Waals surface area contributed by atoms with Gasteiger partial charge >= 0.3 is 0 Å². The Morgan fingerprint density at radius 3 is 2.25 bits per heavy atom. The van der Waals surface area contributed by atoms with Gasteiger partial charge in [0, 0.05) is 19.0 Å². The maximum absolute atomic E-state index is 11.5. The SMILES string of the molecule is CNC(=O)C1CCN(C2CCCCC2)CC1. The second kappa shape index (κ2) is 5.67. The molecule has 0 radical (unpaired) electrons. The number of likely N-dealkylation sites (tertiary alicyclic amines) is 1. The summed E-state index contributed by atoms with van der Waals surface area (Å²) in [7, 11) is 1.75. The van der Waals surface area contributed by atoms with Crippen LogP contribution in [-0.2, 0) is 4.79 Å². The van der Waals surface area contributed by atoms with Gasteiger partial charge in [-0.05, 0) is 38.8 Å². The molecule has 0 atom stereocenters. The third kappa shape index (κ3) is 2.76. The minimum Gasteiger partial charge on any atom is -0.359 e. The minimum atomic E-state index is 0.239. The van der Waals surface area contributed by atoms with Crippen LogP contribution in [0.2, 0.25) is 0 Å². The molecule has 1 aliphatic carbocycles. The first kappa shape index (κ1) is 11.9. The van der Waals surface area contributed by atoms with Crippen molar-refractivity contribution in [2.75, 3.05) is 20.1 Å². The lowest BCUT2D eigenvalue weighted by molar-refractivity contribution is -0.126. The van der Waals surface area contributed by atoms with Gasteiger partial charge in [0.25, 0.3) is 0 Å². The van der Waals surface area contributed by atoms with E-state index in [2.05, 4.69) is 10.2 Å². The van der Waals surface area contributed by atoms with E-state index in [4.69, 9.17) is 0 Å². The maximum Gasteiger partial charge on any atom is 0.222 e. The van der Waals surface area contributed by atoms with Crippen molar-refractivity contribution in [2.24, 2.45) is 5.92 Å². The van der Waals surface area contributed by atoms with Crippen LogP contribution < -0.4 is 5.32 Å². The highest BCUT2D eigenvalue weighted by molar-refractivity contribution is 5.78. The lowest BCUT2D eigenvalue weighted by atomic mass is 9.90. The number of carbonyl (C=O) groups is 1. The molecule has 1 saturated heterocycles. The second-order valence-electron chi connectivity index (χ2n) is 5.22. The zero-order valence-electron chi connectivity index (χ0n) is 10.4. The van der Waals surface area contributed by atoms with Crippen molar-refractivity contribution in [1.82, 2.24) is 10.2 Å². The topological polar surface area (TPSA) is 32.3 Å². The van der Waals surface area contributed by atoms with Gasteiger partial charge in [0.15, 0.2) is 0 Å². The molecular weight excluding hydrogens is 200 g/mol. The molecule has 0 bridgehead atoms. The summed E-state index contributed by atoms with van der Waals surface area (Å²) < 4.78 is 0. The van der Waals surface area contributed by atoms with Gasteiger partial charge in [-0.25, -0.2) is 0 Å². The molecule has 0 aromatic carbocycles. The van der Waals surface area contributed by atoms with Crippen LogP contribution in [0.3, 0.4) is 0 Å². The van der Waals surface area contributed by atoms with E-state index in [1.54, 1.807) is 7.05 Å². The Hall–Kier alpha value is -0.570. The van der Waals surface area contributed by atoms with Crippen LogP contribution in [0.25, 0.3) is 0 Å². The van der Waals surface area contributed by atoms with Crippen molar-refractivity contribution >= 4 is 5.91 Å². The molecule has 0 aromatic heterocycles. The first-order valence-electron chi connectivity index (χ1n) is 6.77. The summed E-state index contributed by atoms with van der Waals surface area (Å²) in [6.45, 7) is 2.26. The molecule has 1 aliphatic heterocycles. The Kier molecular flexibility index (Phi) is 4.22. The first-order valence-corrected chi connectivity index (χ1v) is 6.77. The highest BCUT2D eigenvalue weighted by Crippen LogP contribution is 2.26. The third-order valence-corrected chi connectivity index (χ3v) is 4.24. The fourth-order valence-electron chi connectivity index (χ4n) is 3.18. The molecule has 0 unspecified atom stereocenters. The van der Waals surface area contributed by atoms with Crippen molar-refractivity contribution < 1.29 is 4.79 Å². The highest BCUT2D eigenvalue weighted by Gasteiger charge is 2.28. The maximum atomic E-state index is 11.5. The molecule has 2 rings (SSSR count). The Balaban J connectivity index is 1.78. The molecule has 0 spiro atoms. The number of hydrogen-bond donors (Lipinski definition) is 1. The minimum absolute atomic E-state index is 0.239. The van der Waals surface area contributed by atoms with Crippen LogP contribution in [0, 0.1) is 5.92 Å². The zero-order valence-corrected chi connectivity index (χ0v) is 10.4. The monoisotopic (exact) mass is 224 g/mol. The molecule has 2 aliphatic rings. The van der Waals surface area contributed by atoms with Crippen LogP contribution in [0.4, 0.5) is 0 Å². The van der Waals surface area contributed by atoms with Gasteiger partial charge in [-0.2, -0.15) is 0 Å². The van der Waals surface area contributed by atoms with Crippen molar-refractivity contribution in [2.45, 2.75) is 51.0 Å². The number of hydrogen-bond acceptors (Lipinski definition) is 2. The number of carbonyl (C=O) groups excluding carboxylic acids is 1. The van der Waals surface area contributed by atoms with Crippen molar-refractivity contribution in [3.8, 4) is 0 Å². The Morgan fingerprint density at radius 1 is 1.06 bits per heavy atom. The summed E-state index contributed by atoms with van der Waals surface area (Å²) >= 11 is 0. The summed E-state index contributed by atoms with van der Waals surface area (Å²) in [5.74, 6) is 0.508. The van der Waals surface area contributed by atoms with Gasteiger partial charge in [0.05, 0.1) is 0 Å². The number of piperidine rings is 1. The second-order valence-corrected chi connectivity index (χ2v) is 5.22.